The van der Waals surface area contributed by atoms with Crippen molar-refractivity contribution < 1.29 is 0 Å². The zero-order chi connectivity index (χ0) is 12.7. The molecule has 4 heteroatoms. The first kappa shape index (κ1) is 14.0. The Labute approximate surface area is 105 Å². The minimum Gasteiger partial charge on any atom is -0.370 e. The van der Waals surface area contributed by atoms with Crippen molar-refractivity contribution in [2.45, 2.75) is 39.5 Å². The van der Waals surface area contributed by atoms with Gasteiger partial charge in [-0.05, 0) is 38.6 Å². The minimum absolute atomic E-state index is 0.787. The Balaban J connectivity index is 2.21. The number of nitrogens with zero attached hydrogens (tertiary/aromatic N) is 2. The van der Waals surface area contributed by atoms with Crippen LogP contribution in [0.4, 0.5) is 5.82 Å². The largest absolute Gasteiger partial charge is 0.370 e. The Kier molecular flexibility index (Phi) is 6.05. The average Bonchev–Trinajstić information content (AvgIpc) is 2.62. The lowest BCUT2D eigenvalue weighted by Gasteiger charge is -2.13. The summed E-state index contributed by atoms with van der Waals surface area (Å²) in [6.07, 6.45) is 4.85. The molecule has 1 rings (SSSR count). The van der Waals surface area contributed by atoms with Crippen LogP contribution in [-0.4, -0.2) is 22.9 Å². The molecule has 1 atom stereocenters. The summed E-state index contributed by atoms with van der Waals surface area (Å²) in [5.41, 5.74) is 6.66. The second-order valence-corrected chi connectivity index (χ2v) is 4.72. The number of aromatic nitrogens is 2. The van der Waals surface area contributed by atoms with E-state index < -0.39 is 0 Å². The van der Waals surface area contributed by atoms with E-state index in [9.17, 15) is 0 Å². The molecule has 0 saturated carbocycles. The van der Waals surface area contributed by atoms with E-state index in [1.807, 2.05) is 18.7 Å². The SMILES string of the molecule is CCC(CCN)CCCNc1cc(C)nn1C. The number of hydrogen-bond acceptors (Lipinski definition) is 3. The molecule has 3 N–H and O–H groups in total. The highest BCUT2D eigenvalue weighted by atomic mass is 15.3. The molecular formula is C13H26N4. The highest BCUT2D eigenvalue weighted by molar-refractivity contribution is 5.36. The molecule has 0 fully saturated rings. The predicted octanol–water partition coefficient (Wildman–Crippen LogP) is 2.30. The fraction of sp³-hybridized carbons (Fsp3) is 0.769. The Bertz CT molecular complexity index is 319. The van der Waals surface area contributed by atoms with E-state index in [1.165, 1.54) is 19.3 Å². The number of rotatable bonds is 8. The quantitative estimate of drug-likeness (QED) is 0.683. The molecule has 1 aromatic rings. The van der Waals surface area contributed by atoms with Gasteiger partial charge < -0.3 is 11.1 Å². The lowest BCUT2D eigenvalue weighted by Crippen LogP contribution is -2.11. The molecule has 0 spiro atoms. The molecular weight excluding hydrogens is 212 g/mol. The lowest BCUT2D eigenvalue weighted by atomic mass is 9.97. The first-order valence-corrected chi connectivity index (χ1v) is 6.62. The van der Waals surface area contributed by atoms with E-state index in [0.717, 1.165) is 36.9 Å². The van der Waals surface area contributed by atoms with E-state index in [2.05, 4.69) is 23.4 Å². The molecule has 1 heterocycles. The van der Waals surface area contributed by atoms with Crippen molar-refractivity contribution in [1.29, 1.82) is 0 Å². The number of anilines is 1. The highest BCUT2D eigenvalue weighted by Gasteiger charge is 2.05. The molecule has 1 unspecified atom stereocenters. The third-order valence-electron chi connectivity index (χ3n) is 3.25. The van der Waals surface area contributed by atoms with Crippen LogP contribution in [0, 0.1) is 12.8 Å². The number of aryl methyl sites for hydroxylation is 2. The molecule has 4 nitrogen and oxygen atoms in total. The van der Waals surface area contributed by atoms with Crippen LogP contribution >= 0.6 is 0 Å². The molecule has 0 amide bonds. The van der Waals surface area contributed by atoms with Crippen LogP contribution in [0.5, 0.6) is 0 Å². The predicted molar refractivity (Wildman–Crippen MR) is 73.1 cm³/mol. The molecule has 0 bridgehead atoms. The van der Waals surface area contributed by atoms with Gasteiger partial charge in [-0.25, -0.2) is 0 Å². The molecule has 0 aromatic carbocycles. The van der Waals surface area contributed by atoms with Crippen molar-refractivity contribution in [3.05, 3.63) is 11.8 Å². The Morgan fingerprint density at radius 1 is 1.47 bits per heavy atom. The fourth-order valence-corrected chi connectivity index (χ4v) is 2.17. The Morgan fingerprint density at radius 2 is 2.24 bits per heavy atom. The zero-order valence-electron chi connectivity index (χ0n) is 11.4. The van der Waals surface area contributed by atoms with Crippen molar-refractivity contribution in [3.63, 3.8) is 0 Å². The number of hydrogen-bond donors (Lipinski definition) is 2. The third kappa shape index (κ3) is 4.77. The van der Waals surface area contributed by atoms with E-state index in [4.69, 9.17) is 5.73 Å². The summed E-state index contributed by atoms with van der Waals surface area (Å²) in [6.45, 7) is 6.09. The summed E-state index contributed by atoms with van der Waals surface area (Å²) in [6, 6.07) is 2.08. The molecule has 0 saturated heterocycles. The smallest absolute Gasteiger partial charge is 0.124 e. The standard InChI is InChI=1S/C13H26N4/c1-4-12(7-8-14)6-5-9-15-13-10-11(2)16-17(13)3/h10,12,15H,4-9,14H2,1-3H3. The normalized spacial score (nSPS) is 12.7. The van der Waals surface area contributed by atoms with Crippen molar-refractivity contribution in [3.8, 4) is 0 Å². The van der Waals surface area contributed by atoms with Crippen LogP contribution in [-0.2, 0) is 7.05 Å². The van der Waals surface area contributed by atoms with Gasteiger partial charge in [-0.15, -0.1) is 0 Å². The van der Waals surface area contributed by atoms with Crippen LogP contribution in [0.2, 0.25) is 0 Å². The number of nitrogens with two attached hydrogens (primary N) is 1. The summed E-state index contributed by atoms with van der Waals surface area (Å²) < 4.78 is 1.90. The molecule has 0 aliphatic heterocycles. The summed E-state index contributed by atoms with van der Waals surface area (Å²) in [4.78, 5) is 0. The number of nitrogens with one attached hydrogen (secondary N) is 1. The second-order valence-electron chi connectivity index (χ2n) is 4.72. The Morgan fingerprint density at radius 3 is 2.76 bits per heavy atom. The second kappa shape index (κ2) is 7.33. The maximum absolute atomic E-state index is 5.60. The van der Waals surface area contributed by atoms with Crippen molar-refractivity contribution >= 4 is 5.82 Å². The van der Waals surface area contributed by atoms with Gasteiger partial charge in [0.2, 0.25) is 0 Å². The third-order valence-corrected chi connectivity index (χ3v) is 3.25. The van der Waals surface area contributed by atoms with E-state index >= 15 is 0 Å². The van der Waals surface area contributed by atoms with Crippen molar-refractivity contribution in [2.24, 2.45) is 18.7 Å². The van der Waals surface area contributed by atoms with Crippen molar-refractivity contribution in [1.82, 2.24) is 9.78 Å². The van der Waals surface area contributed by atoms with Gasteiger partial charge >= 0.3 is 0 Å². The van der Waals surface area contributed by atoms with Gasteiger partial charge in [0, 0.05) is 19.7 Å². The summed E-state index contributed by atoms with van der Waals surface area (Å²) in [5, 5.41) is 7.73. The first-order chi connectivity index (χ1) is 8.17. The summed E-state index contributed by atoms with van der Waals surface area (Å²) >= 11 is 0. The van der Waals surface area contributed by atoms with Gasteiger partial charge in [0.25, 0.3) is 0 Å². The Hall–Kier alpha value is -1.03. The van der Waals surface area contributed by atoms with Gasteiger partial charge in [-0.3, -0.25) is 4.68 Å². The molecule has 17 heavy (non-hydrogen) atoms. The van der Waals surface area contributed by atoms with Gasteiger partial charge in [-0.1, -0.05) is 13.3 Å². The van der Waals surface area contributed by atoms with Crippen LogP contribution in [0.3, 0.4) is 0 Å². The van der Waals surface area contributed by atoms with E-state index in [-0.39, 0.29) is 0 Å². The highest BCUT2D eigenvalue weighted by Crippen LogP contribution is 2.15. The van der Waals surface area contributed by atoms with Gasteiger partial charge in [0.15, 0.2) is 0 Å². The average molecular weight is 238 g/mol. The van der Waals surface area contributed by atoms with Crippen LogP contribution in [0.25, 0.3) is 0 Å². The fourth-order valence-electron chi connectivity index (χ4n) is 2.17. The molecule has 98 valence electrons. The topological polar surface area (TPSA) is 55.9 Å². The maximum atomic E-state index is 5.60. The summed E-state index contributed by atoms with van der Waals surface area (Å²) in [5.74, 6) is 1.89. The first-order valence-electron chi connectivity index (χ1n) is 6.62. The van der Waals surface area contributed by atoms with Crippen LogP contribution in [0.15, 0.2) is 6.07 Å². The summed E-state index contributed by atoms with van der Waals surface area (Å²) in [7, 11) is 1.97. The maximum Gasteiger partial charge on any atom is 0.124 e. The van der Waals surface area contributed by atoms with Crippen molar-refractivity contribution in [2.75, 3.05) is 18.4 Å². The van der Waals surface area contributed by atoms with Crippen LogP contribution < -0.4 is 11.1 Å². The monoisotopic (exact) mass is 238 g/mol. The zero-order valence-corrected chi connectivity index (χ0v) is 11.4. The van der Waals surface area contributed by atoms with E-state index in [1.54, 1.807) is 0 Å². The van der Waals surface area contributed by atoms with E-state index in [0.29, 0.717) is 0 Å². The minimum atomic E-state index is 0.787. The lowest BCUT2D eigenvalue weighted by molar-refractivity contribution is 0.434. The van der Waals surface area contributed by atoms with Gasteiger partial charge in [0.1, 0.15) is 5.82 Å². The molecule has 0 aliphatic carbocycles. The van der Waals surface area contributed by atoms with Gasteiger partial charge in [0.05, 0.1) is 5.69 Å². The van der Waals surface area contributed by atoms with Gasteiger partial charge in [-0.2, -0.15) is 5.10 Å². The molecule has 0 radical (unpaired) electrons. The molecule has 0 aliphatic rings. The van der Waals surface area contributed by atoms with Crippen LogP contribution in [0.1, 0.15) is 38.3 Å². The molecule has 1 aromatic heterocycles.